The van der Waals surface area contributed by atoms with Gasteiger partial charge in [-0.1, -0.05) is 36.4 Å². The molecule has 0 unspecified atom stereocenters. The lowest BCUT2D eigenvalue weighted by Crippen LogP contribution is -2.30. The first kappa shape index (κ1) is 24.0. The summed E-state index contributed by atoms with van der Waals surface area (Å²) in [6.07, 6.45) is 6.49. The zero-order valence-corrected chi connectivity index (χ0v) is 21.0. The molecule has 2 heterocycles. The maximum absolute atomic E-state index is 12.7. The summed E-state index contributed by atoms with van der Waals surface area (Å²) < 4.78 is 6.06. The molecule has 0 spiro atoms. The molecule has 1 N–H and O–H groups in total. The monoisotopic (exact) mass is 496 g/mol. The van der Waals surface area contributed by atoms with E-state index in [1.165, 1.54) is 11.1 Å². The van der Waals surface area contributed by atoms with E-state index in [4.69, 9.17) is 4.74 Å². The van der Waals surface area contributed by atoms with Crippen LogP contribution in [-0.2, 0) is 24.3 Å². The second kappa shape index (κ2) is 11.4. The molecule has 1 amide bonds. The third kappa shape index (κ3) is 5.75. The average Bonchev–Trinajstić information content (AvgIpc) is 2.93. The lowest BCUT2D eigenvalue weighted by Gasteiger charge is -2.29. The van der Waals surface area contributed by atoms with Crippen molar-refractivity contribution >= 4 is 23.4 Å². The highest BCUT2D eigenvalue weighted by Crippen LogP contribution is 2.29. The largest absolute Gasteiger partial charge is 0.483 e. The molecule has 5 rings (SSSR count). The zero-order chi connectivity index (χ0) is 24.7. The molecule has 0 atom stereocenters. The van der Waals surface area contributed by atoms with Crippen molar-refractivity contribution in [1.82, 2.24) is 14.9 Å². The standard InChI is InChI=1S/C29H28N4O2S/c1-36-27-10-5-4-9-25(27)32-28(34)20-35-26-12-11-22(29-30-14-6-15-31-29)17-24(26)19-33-16-13-21-7-2-3-8-23(21)18-33/h2-12,14-15,17H,13,16,18-20H2,1H3,(H,32,34). The van der Waals surface area contributed by atoms with Crippen molar-refractivity contribution in [3.05, 3.63) is 102 Å². The molecule has 1 aromatic heterocycles. The van der Waals surface area contributed by atoms with E-state index in [9.17, 15) is 4.79 Å². The van der Waals surface area contributed by atoms with Crippen LogP contribution in [0.5, 0.6) is 5.75 Å². The molecule has 4 aromatic rings. The summed E-state index contributed by atoms with van der Waals surface area (Å²) in [5, 5.41) is 2.97. The minimum atomic E-state index is -0.190. The number of thioether (sulfide) groups is 1. The number of carbonyl (C=O) groups excluding carboxylic acids is 1. The Morgan fingerprint density at radius 1 is 1.00 bits per heavy atom. The van der Waals surface area contributed by atoms with E-state index in [2.05, 4.69) is 50.5 Å². The molecule has 0 fully saturated rings. The Morgan fingerprint density at radius 2 is 1.78 bits per heavy atom. The number of carbonyl (C=O) groups is 1. The number of benzene rings is 3. The number of aromatic nitrogens is 2. The molecular weight excluding hydrogens is 468 g/mol. The van der Waals surface area contributed by atoms with Crippen LogP contribution in [0.25, 0.3) is 11.4 Å². The van der Waals surface area contributed by atoms with Gasteiger partial charge in [0.15, 0.2) is 12.4 Å². The topological polar surface area (TPSA) is 67.3 Å². The summed E-state index contributed by atoms with van der Waals surface area (Å²) in [7, 11) is 0. The molecule has 7 heteroatoms. The van der Waals surface area contributed by atoms with Gasteiger partial charge in [0, 0.05) is 48.1 Å². The number of nitrogens with zero attached hydrogens (tertiary/aromatic N) is 3. The summed E-state index contributed by atoms with van der Waals surface area (Å²) in [6.45, 7) is 2.49. The van der Waals surface area contributed by atoms with E-state index in [1.54, 1.807) is 30.2 Å². The molecule has 0 radical (unpaired) electrons. The lowest BCUT2D eigenvalue weighted by molar-refractivity contribution is -0.118. The summed E-state index contributed by atoms with van der Waals surface area (Å²) in [5.41, 5.74) is 5.51. The minimum absolute atomic E-state index is 0.0697. The van der Waals surface area contributed by atoms with Gasteiger partial charge in [-0.3, -0.25) is 9.69 Å². The lowest BCUT2D eigenvalue weighted by atomic mass is 9.99. The van der Waals surface area contributed by atoms with Gasteiger partial charge in [-0.15, -0.1) is 11.8 Å². The number of fused-ring (bicyclic) bond motifs is 1. The fraction of sp³-hybridized carbons (Fsp3) is 0.207. The van der Waals surface area contributed by atoms with Crippen LogP contribution in [0.15, 0.2) is 90.1 Å². The Labute approximate surface area is 215 Å². The van der Waals surface area contributed by atoms with Gasteiger partial charge in [0.1, 0.15) is 5.75 Å². The van der Waals surface area contributed by atoms with Gasteiger partial charge in [0.05, 0.1) is 5.69 Å². The highest BCUT2D eigenvalue weighted by atomic mass is 32.2. The van der Waals surface area contributed by atoms with E-state index in [1.807, 2.05) is 42.7 Å². The Morgan fingerprint density at radius 3 is 2.61 bits per heavy atom. The normalized spacial score (nSPS) is 13.1. The van der Waals surface area contributed by atoms with Gasteiger partial charge in [0.25, 0.3) is 5.91 Å². The van der Waals surface area contributed by atoms with E-state index >= 15 is 0 Å². The molecule has 3 aromatic carbocycles. The number of para-hydroxylation sites is 1. The van der Waals surface area contributed by atoms with Gasteiger partial charge in [-0.2, -0.15) is 0 Å². The molecule has 36 heavy (non-hydrogen) atoms. The third-order valence-electron chi connectivity index (χ3n) is 6.23. The Kier molecular flexibility index (Phi) is 7.59. The number of amides is 1. The maximum Gasteiger partial charge on any atom is 0.262 e. The molecule has 0 saturated heterocycles. The van der Waals surface area contributed by atoms with Gasteiger partial charge in [-0.25, -0.2) is 9.97 Å². The van der Waals surface area contributed by atoms with E-state index in [0.29, 0.717) is 18.1 Å². The summed E-state index contributed by atoms with van der Waals surface area (Å²) in [4.78, 5) is 24.9. The Balaban J connectivity index is 1.34. The smallest absolute Gasteiger partial charge is 0.262 e. The Hall–Kier alpha value is -3.68. The summed E-state index contributed by atoms with van der Waals surface area (Å²) >= 11 is 1.60. The first-order valence-electron chi connectivity index (χ1n) is 11.9. The van der Waals surface area contributed by atoms with Crippen LogP contribution in [0.4, 0.5) is 5.69 Å². The summed E-state index contributed by atoms with van der Waals surface area (Å²) in [6, 6.07) is 24.1. The fourth-order valence-corrected chi connectivity index (χ4v) is 4.99. The predicted octanol–water partition coefficient (Wildman–Crippen LogP) is 5.44. The maximum atomic E-state index is 12.7. The van der Waals surface area contributed by atoms with Gasteiger partial charge >= 0.3 is 0 Å². The summed E-state index contributed by atoms with van der Waals surface area (Å²) in [5.74, 6) is 1.17. The molecule has 1 aliphatic heterocycles. The second-order valence-corrected chi connectivity index (χ2v) is 9.51. The van der Waals surface area contributed by atoms with E-state index in [-0.39, 0.29) is 12.5 Å². The average molecular weight is 497 g/mol. The van der Waals surface area contributed by atoms with Crippen molar-refractivity contribution in [1.29, 1.82) is 0 Å². The molecule has 0 bridgehead atoms. The van der Waals surface area contributed by atoms with Crippen molar-refractivity contribution in [2.24, 2.45) is 0 Å². The Bertz CT molecular complexity index is 1350. The first-order chi connectivity index (χ1) is 17.7. The van der Waals surface area contributed by atoms with Gasteiger partial charge < -0.3 is 10.1 Å². The fourth-order valence-electron chi connectivity index (χ4n) is 4.44. The van der Waals surface area contributed by atoms with Crippen molar-refractivity contribution < 1.29 is 9.53 Å². The number of hydrogen-bond donors (Lipinski definition) is 1. The number of hydrogen-bond acceptors (Lipinski definition) is 6. The molecule has 6 nitrogen and oxygen atoms in total. The van der Waals surface area contributed by atoms with Crippen LogP contribution in [0, 0.1) is 0 Å². The van der Waals surface area contributed by atoms with E-state index < -0.39 is 0 Å². The molecule has 1 aliphatic rings. The zero-order valence-electron chi connectivity index (χ0n) is 20.2. The van der Waals surface area contributed by atoms with Crippen molar-refractivity contribution in [2.45, 2.75) is 24.4 Å². The number of ether oxygens (including phenoxy) is 1. The highest BCUT2D eigenvalue weighted by Gasteiger charge is 2.19. The second-order valence-electron chi connectivity index (χ2n) is 8.66. The van der Waals surface area contributed by atoms with Crippen molar-refractivity contribution in [2.75, 3.05) is 24.7 Å². The third-order valence-corrected chi connectivity index (χ3v) is 7.02. The quantitative estimate of drug-likeness (QED) is 0.328. The van der Waals surface area contributed by atoms with E-state index in [0.717, 1.165) is 41.2 Å². The van der Waals surface area contributed by atoms with Crippen LogP contribution < -0.4 is 10.1 Å². The number of nitrogens with one attached hydrogen (secondary N) is 1. The predicted molar refractivity (Wildman–Crippen MR) is 144 cm³/mol. The van der Waals surface area contributed by atoms with Crippen LogP contribution in [0.1, 0.15) is 16.7 Å². The molecular formula is C29H28N4O2S. The van der Waals surface area contributed by atoms with Gasteiger partial charge in [-0.05, 0) is 60.2 Å². The van der Waals surface area contributed by atoms with Crippen molar-refractivity contribution in [3.63, 3.8) is 0 Å². The first-order valence-corrected chi connectivity index (χ1v) is 13.2. The van der Waals surface area contributed by atoms with Crippen molar-refractivity contribution in [3.8, 4) is 17.1 Å². The number of rotatable bonds is 8. The van der Waals surface area contributed by atoms with Crippen LogP contribution in [0.3, 0.4) is 0 Å². The van der Waals surface area contributed by atoms with Crippen LogP contribution in [-0.4, -0.2) is 40.2 Å². The molecule has 182 valence electrons. The SMILES string of the molecule is CSc1ccccc1NC(=O)COc1ccc(-c2ncccn2)cc1CN1CCc2ccccc2C1. The van der Waals surface area contributed by atoms with Crippen LogP contribution >= 0.6 is 11.8 Å². The minimum Gasteiger partial charge on any atom is -0.483 e. The highest BCUT2D eigenvalue weighted by molar-refractivity contribution is 7.98. The van der Waals surface area contributed by atoms with Crippen LogP contribution in [0.2, 0.25) is 0 Å². The van der Waals surface area contributed by atoms with Gasteiger partial charge in [0.2, 0.25) is 0 Å². The molecule has 0 saturated carbocycles. The number of anilines is 1. The molecule has 0 aliphatic carbocycles.